The van der Waals surface area contributed by atoms with Crippen LogP contribution in [0.15, 0.2) is 200 Å². The molecule has 1 unspecified atom stereocenters. The van der Waals surface area contributed by atoms with Crippen molar-refractivity contribution in [2.24, 2.45) is 0 Å². The van der Waals surface area contributed by atoms with Crippen molar-refractivity contribution in [3.8, 4) is 33.4 Å². The van der Waals surface area contributed by atoms with Crippen molar-refractivity contribution in [3.63, 3.8) is 0 Å². The lowest BCUT2D eigenvalue weighted by Crippen LogP contribution is -2.43. The maximum atomic E-state index is 12.6. The number of ether oxygens (including phenoxy) is 3. The summed E-state index contributed by atoms with van der Waals surface area (Å²) in [6.45, 7) is 1.88. The number of aromatic nitrogens is 2. The van der Waals surface area contributed by atoms with Gasteiger partial charge in [0.25, 0.3) is 0 Å². The summed E-state index contributed by atoms with van der Waals surface area (Å²) in [4.78, 5) is 66.4. The van der Waals surface area contributed by atoms with Gasteiger partial charge in [-0.3, -0.25) is 0 Å². The molecule has 3 aliphatic carbocycles. The van der Waals surface area contributed by atoms with Gasteiger partial charge in [-0.2, -0.15) is 0 Å². The van der Waals surface area contributed by atoms with E-state index < -0.39 is 48.8 Å². The first-order chi connectivity index (χ1) is 40.9. The Labute approximate surface area is 483 Å². The molecule has 0 saturated carbocycles. The Kier molecular flexibility index (Phi) is 16.5. The lowest BCUT2D eigenvalue weighted by atomic mass is 9.98. The van der Waals surface area contributed by atoms with E-state index in [1.54, 1.807) is 6.20 Å². The minimum atomic E-state index is -1.11. The van der Waals surface area contributed by atoms with Gasteiger partial charge in [0.15, 0.2) is 0 Å². The van der Waals surface area contributed by atoms with Crippen LogP contribution in [0.3, 0.4) is 0 Å². The van der Waals surface area contributed by atoms with E-state index in [9.17, 15) is 34.2 Å². The number of fused-ring (bicyclic) bond motifs is 11. The van der Waals surface area contributed by atoms with Crippen molar-refractivity contribution < 1.29 is 53.5 Å². The number of aromatic amines is 2. The van der Waals surface area contributed by atoms with Crippen LogP contribution in [0, 0.1) is 6.92 Å². The summed E-state index contributed by atoms with van der Waals surface area (Å²) in [5.74, 6) is -2.89. The number of rotatable bonds is 15. The standard InChI is InChI=1S/C27H24N2O4.C26H22N2O4.C16H14O3/c1-16-22(21-12-6-7-13-24(21)28-16)14-25(26(30)31)29-27(32)33-15-23-19-10-4-2-8-17(19)18-9-3-5-11-20(18)23;29-25(30)24(13-16-14-27-23-12-6-5-7-17(16)23)28-26(31)32-15-22-20-10-3-1-8-18(20)19-9-2-4-11-21(19)22;17-9-16(18)19-10-15-13-7-3-1-5-11(13)12-6-2-4-8-14(12)15/h2-13,23,25,28H,14-15H2,1H3,(H,29,32)(H,30,31);1-12,14,22,24,27H,13,15H2,(H,28,31)(H,29,30);1-8,15,17H,9-10H2/t;24-;/m.0./s1. The number of amides is 2. The van der Waals surface area contributed by atoms with Gasteiger partial charge in [0.2, 0.25) is 0 Å². The zero-order chi connectivity index (χ0) is 58.3. The molecule has 2 aromatic heterocycles. The number of aliphatic hydroxyl groups is 1. The summed E-state index contributed by atoms with van der Waals surface area (Å²) in [7, 11) is 0. The molecule has 2 atom stereocenters. The molecule has 15 heteroatoms. The first-order valence-corrected chi connectivity index (χ1v) is 27.7. The van der Waals surface area contributed by atoms with Crippen molar-refractivity contribution in [1.29, 1.82) is 0 Å². The van der Waals surface area contributed by atoms with Crippen LogP contribution in [-0.4, -0.2) is 93.9 Å². The van der Waals surface area contributed by atoms with Crippen LogP contribution in [0.25, 0.3) is 55.2 Å². The summed E-state index contributed by atoms with van der Waals surface area (Å²) in [5, 5.41) is 35.1. The molecule has 0 bridgehead atoms. The third kappa shape index (κ3) is 11.6. The van der Waals surface area contributed by atoms with E-state index in [1.807, 2.05) is 153 Å². The van der Waals surface area contributed by atoms with E-state index in [0.717, 1.165) is 83.1 Å². The lowest BCUT2D eigenvalue weighted by molar-refractivity contribution is -0.147. The Morgan fingerprint density at radius 1 is 0.452 bits per heavy atom. The molecule has 0 spiro atoms. The van der Waals surface area contributed by atoms with Gasteiger partial charge in [-0.15, -0.1) is 0 Å². The van der Waals surface area contributed by atoms with Gasteiger partial charge in [0, 0.05) is 64.3 Å². The molecule has 0 aliphatic heterocycles. The van der Waals surface area contributed by atoms with E-state index in [1.165, 1.54) is 22.3 Å². The normalized spacial score (nSPS) is 13.3. The second-order valence-electron chi connectivity index (χ2n) is 20.8. The maximum absolute atomic E-state index is 12.6. The third-order valence-electron chi connectivity index (χ3n) is 15.9. The molecule has 10 aromatic rings. The topological polar surface area (TPSA) is 229 Å². The fourth-order valence-corrected chi connectivity index (χ4v) is 11.9. The van der Waals surface area contributed by atoms with Crippen molar-refractivity contribution in [2.45, 2.75) is 49.6 Å². The molecule has 7 N–H and O–H groups in total. The highest BCUT2D eigenvalue weighted by atomic mass is 16.6. The SMILES string of the molecule is Cc1[nH]c2ccccc2c1CC(NC(=O)OCC1c2ccccc2-c2ccccc21)C(=O)O.O=C(CO)OCC1c2ccccc2-c2ccccc21.O=C(N[C@@H](Cc1c[nH]c2ccccc12)C(=O)O)OCC1c2ccccc2-c2ccccc21. The maximum Gasteiger partial charge on any atom is 0.407 e. The Hall–Kier alpha value is -10.3. The number of benzene rings is 8. The molecule has 8 aromatic carbocycles. The molecule has 84 heavy (non-hydrogen) atoms. The van der Waals surface area contributed by atoms with Crippen LogP contribution in [-0.2, 0) is 41.4 Å². The Bertz CT molecular complexity index is 3950. The number of hydrogen-bond donors (Lipinski definition) is 7. The summed E-state index contributed by atoms with van der Waals surface area (Å²) in [6, 6.07) is 61.8. The molecule has 0 saturated heterocycles. The van der Waals surface area contributed by atoms with Crippen LogP contribution >= 0.6 is 0 Å². The second-order valence-corrected chi connectivity index (χ2v) is 20.8. The lowest BCUT2D eigenvalue weighted by Gasteiger charge is -2.17. The zero-order valence-electron chi connectivity index (χ0n) is 45.8. The predicted octanol–water partition coefficient (Wildman–Crippen LogP) is 12.0. The van der Waals surface area contributed by atoms with E-state index >= 15 is 0 Å². The smallest absolute Gasteiger partial charge is 0.407 e. The molecule has 3 aliphatic rings. The van der Waals surface area contributed by atoms with Gasteiger partial charge >= 0.3 is 30.1 Å². The molecular weight excluding hydrogens is 1060 g/mol. The average Bonchev–Trinajstić information content (AvgIpc) is 2.69. The van der Waals surface area contributed by atoms with Gasteiger partial charge < -0.3 is 50.1 Å². The van der Waals surface area contributed by atoms with E-state index in [2.05, 4.69) is 69.1 Å². The molecule has 15 nitrogen and oxygen atoms in total. The fourth-order valence-electron chi connectivity index (χ4n) is 11.9. The predicted molar refractivity (Wildman–Crippen MR) is 320 cm³/mol. The van der Waals surface area contributed by atoms with Crippen LogP contribution in [0.2, 0.25) is 0 Å². The number of para-hydroxylation sites is 2. The molecule has 2 heterocycles. The number of carboxylic acids is 2. The number of H-pyrrole nitrogens is 2. The van der Waals surface area contributed by atoms with Crippen LogP contribution in [0.4, 0.5) is 9.59 Å². The summed E-state index contributed by atoms with van der Waals surface area (Å²) >= 11 is 0. The number of aryl methyl sites for hydroxylation is 1. The van der Waals surface area contributed by atoms with Crippen molar-refractivity contribution in [2.75, 3.05) is 26.4 Å². The van der Waals surface area contributed by atoms with Crippen molar-refractivity contribution >= 4 is 51.9 Å². The number of carbonyl (C=O) groups is 5. The van der Waals surface area contributed by atoms with Crippen LogP contribution in [0.1, 0.15) is 68.0 Å². The number of aliphatic carboxylic acids is 2. The first kappa shape index (κ1) is 55.6. The Balaban J connectivity index is 0.000000136. The zero-order valence-corrected chi connectivity index (χ0v) is 45.8. The number of carboxylic acid groups (broad SMARTS) is 2. The van der Waals surface area contributed by atoms with Crippen LogP contribution in [0.5, 0.6) is 0 Å². The van der Waals surface area contributed by atoms with Crippen molar-refractivity contribution in [3.05, 3.63) is 251 Å². The highest BCUT2D eigenvalue weighted by Gasteiger charge is 2.33. The van der Waals surface area contributed by atoms with Gasteiger partial charge in [-0.05, 0) is 96.9 Å². The summed E-state index contributed by atoms with van der Waals surface area (Å²) < 4.78 is 16.1. The molecule has 2 amide bonds. The summed E-state index contributed by atoms with van der Waals surface area (Å²) in [6.07, 6.45) is 0.625. The Morgan fingerprint density at radius 3 is 1.20 bits per heavy atom. The largest absolute Gasteiger partial charge is 0.480 e. The highest BCUT2D eigenvalue weighted by molar-refractivity contribution is 5.88. The number of nitrogens with one attached hydrogen (secondary N) is 4. The van der Waals surface area contributed by atoms with Gasteiger partial charge in [-0.1, -0.05) is 182 Å². The number of esters is 1. The Morgan fingerprint density at radius 2 is 0.798 bits per heavy atom. The van der Waals surface area contributed by atoms with Gasteiger partial charge in [0.1, 0.15) is 38.5 Å². The quantitative estimate of drug-likeness (QED) is 0.0377. The van der Waals surface area contributed by atoms with Gasteiger partial charge in [-0.25, -0.2) is 24.0 Å². The number of hydrogen-bond acceptors (Lipinski definition) is 9. The minimum Gasteiger partial charge on any atom is -0.480 e. The first-order valence-electron chi connectivity index (χ1n) is 27.7. The van der Waals surface area contributed by atoms with E-state index in [0.29, 0.717) is 0 Å². The number of carbonyl (C=O) groups excluding carboxylic acids is 3. The molecule has 0 fully saturated rings. The monoisotopic (exact) mass is 1120 g/mol. The summed E-state index contributed by atoms with van der Waals surface area (Å²) in [5.41, 5.74) is 18.2. The molecule has 0 radical (unpaired) electrons. The van der Waals surface area contributed by atoms with E-state index in [-0.39, 0.29) is 50.4 Å². The molecule has 13 rings (SSSR count). The average molecular weight is 1120 g/mol. The molecule has 422 valence electrons. The van der Waals surface area contributed by atoms with E-state index in [4.69, 9.17) is 19.3 Å². The highest BCUT2D eigenvalue weighted by Crippen LogP contribution is 2.47. The van der Waals surface area contributed by atoms with Gasteiger partial charge in [0.05, 0.1) is 0 Å². The third-order valence-corrected chi connectivity index (χ3v) is 15.9. The minimum absolute atomic E-state index is 0.0582. The van der Waals surface area contributed by atoms with Crippen molar-refractivity contribution in [1.82, 2.24) is 20.6 Å². The van der Waals surface area contributed by atoms with Crippen LogP contribution < -0.4 is 10.6 Å². The molecular formula is C69H60N4O11. The second kappa shape index (κ2) is 24.9. The number of aliphatic hydroxyl groups excluding tert-OH is 1. The number of alkyl carbamates (subject to hydrolysis) is 2. The fraction of sp³-hybridized carbons (Fsp3) is 0.174.